The van der Waals surface area contributed by atoms with Gasteiger partial charge in [0.2, 0.25) is 0 Å². The molecule has 0 heterocycles. The van der Waals surface area contributed by atoms with Crippen LogP contribution in [-0.2, 0) is 0 Å². The van der Waals surface area contributed by atoms with Crippen LogP contribution in [0.2, 0.25) is 0 Å². The summed E-state index contributed by atoms with van der Waals surface area (Å²) in [6.45, 7) is 4.57. The molecule has 190 valence electrons. The standard InChI is InChI=1S/C39H29N/c1-25(2)29-21-27-13-8-19-34-36-24-31(22-28-14-9-18-33(39(28)36)35(23-29)38(27)34)40(30-15-4-3-5-16-30)37-20-10-12-26-11-6-7-17-32(26)37/h3-25H,1-2H3. The minimum atomic E-state index is 0.479. The minimum absolute atomic E-state index is 0.479. The van der Waals surface area contributed by atoms with Crippen molar-refractivity contribution in [3.05, 3.63) is 139 Å². The second-order valence-corrected chi connectivity index (χ2v) is 11.2. The zero-order chi connectivity index (χ0) is 26.8. The average Bonchev–Trinajstić information content (AvgIpc) is 3.00. The van der Waals surface area contributed by atoms with Crippen LogP contribution in [-0.4, -0.2) is 0 Å². The highest BCUT2D eigenvalue weighted by Crippen LogP contribution is 2.46. The molecule has 1 heteroatoms. The Morgan fingerprint density at radius 1 is 0.425 bits per heavy atom. The van der Waals surface area contributed by atoms with Gasteiger partial charge in [-0.25, -0.2) is 0 Å². The lowest BCUT2D eigenvalue weighted by molar-refractivity contribution is 0.870. The van der Waals surface area contributed by atoms with Crippen LogP contribution in [0.25, 0.3) is 53.9 Å². The van der Waals surface area contributed by atoms with Gasteiger partial charge < -0.3 is 4.90 Å². The fraction of sp³-hybridized carbons (Fsp3) is 0.0769. The average molecular weight is 512 g/mol. The summed E-state index contributed by atoms with van der Waals surface area (Å²) < 4.78 is 0. The van der Waals surface area contributed by atoms with Crippen molar-refractivity contribution in [1.82, 2.24) is 0 Å². The van der Waals surface area contributed by atoms with Crippen molar-refractivity contribution in [3.63, 3.8) is 0 Å². The van der Waals surface area contributed by atoms with Gasteiger partial charge in [0.1, 0.15) is 0 Å². The summed E-state index contributed by atoms with van der Waals surface area (Å²) >= 11 is 0. The van der Waals surface area contributed by atoms with Gasteiger partial charge in [-0.3, -0.25) is 0 Å². The lowest BCUT2D eigenvalue weighted by Gasteiger charge is -2.28. The molecule has 0 spiro atoms. The van der Waals surface area contributed by atoms with Crippen molar-refractivity contribution in [2.75, 3.05) is 4.90 Å². The molecule has 8 aromatic rings. The van der Waals surface area contributed by atoms with Crippen molar-refractivity contribution >= 4 is 70.9 Å². The fourth-order valence-electron chi connectivity index (χ4n) is 6.61. The van der Waals surface area contributed by atoms with E-state index in [1.54, 1.807) is 0 Å². The number of para-hydroxylation sites is 1. The first-order valence-corrected chi connectivity index (χ1v) is 14.1. The Bertz CT molecular complexity index is 2180. The van der Waals surface area contributed by atoms with E-state index in [0.29, 0.717) is 5.92 Å². The van der Waals surface area contributed by atoms with E-state index in [9.17, 15) is 0 Å². The fourth-order valence-corrected chi connectivity index (χ4v) is 6.61. The Balaban J connectivity index is 1.50. The first kappa shape index (κ1) is 23.0. The number of benzene rings is 8. The van der Waals surface area contributed by atoms with Crippen molar-refractivity contribution < 1.29 is 0 Å². The highest BCUT2D eigenvalue weighted by molar-refractivity contribution is 6.33. The summed E-state index contributed by atoms with van der Waals surface area (Å²) in [6.07, 6.45) is 0. The molecule has 0 atom stereocenters. The first-order chi connectivity index (χ1) is 19.7. The molecule has 0 aliphatic carbocycles. The van der Waals surface area contributed by atoms with Gasteiger partial charge in [-0.15, -0.1) is 0 Å². The van der Waals surface area contributed by atoms with E-state index in [0.717, 1.165) is 5.69 Å². The van der Waals surface area contributed by atoms with Gasteiger partial charge in [-0.05, 0) is 90.3 Å². The summed E-state index contributed by atoms with van der Waals surface area (Å²) in [5.74, 6) is 0.479. The van der Waals surface area contributed by atoms with Gasteiger partial charge in [0, 0.05) is 16.8 Å². The van der Waals surface area contributed by atoms with Crippen LogP contribution in [0.4, 0.5) is 17.1 Å². The van der Waals surface area contributed by atoms with E-state index in [-0.39, 0.29) is 0 Å². The second-order valence-electron chi connectivity index (χ2n) is 11.2. The molecule has 0 bridgehead atoms. The van der Waals surface area contributed by atoms with Gasteiger partial charge in [0.25, 0.3) is 0 Å². The van der Waals surface area contributed by atoms with E-state index in [4.69, 9.17) is 0 Å². The van der Waals surface area contributed by atoms with Gasteiger partial charge >= 0.3 is 0 Å². The smallest absolute Gasteiger partial charge is 0.0540 e. The molecule has 40 heavy (non-hydrogen) atoms. The molecule has 0 saturated carbocycles. The van der Waals surface area contributed by atoms with E-state index in [2.05, 4.69) is 152 Å². The lowest BCUT2D eigenvalue weighted by atomic mass is 9.87. The maximum atomic E-state index is 2.43. The normalized spacial score (nSPS) is 12.0. The van der Waals surface area contributed by atoms with Gasteiger partial charge in [0.05, 0.1) is 5.69 Å². The van der Waals surface area contributed by atoms with Gasteiger partial charge in [-0.1, -0.05) is 117 Å². The van der Waals surface area contributed by atoms with Gasteiger partial charge in [-0.2, -0.15) is 0 Å². The maximum absolute atomic E-state index is 2.43. The molecule has 0 fully saturated rings. The third-order valence-electron chi connectivity index (χ3n) is 8.49. The summed E-state index contributed by atoms with van der Waals surface area (Å²) in [5.41, 5.74) is 4.89. The third-order valence-corrected chi connectivity index (χ3v) is 8.49. The van der Waals surface area contributed by atoms with Crippen molar-refractivity contribution in [2.24, 2.45) is 0 Å². The SMILES string of the molecule is CC(C)c1cc2cccc3c4cc(N(c5ccccc5)c5cccc6ccccc56)cc5cccc(c(c1)c23)c54. The summed E-state index contributed by atoms with van der Waals surface area (Å²) in [6, 6.07) is 49.2. The van der Waals surface area contributed by atoms with Crippen molar-refractivity contribution in [3.8, 4) is 0 Å². The van der Waals surface area contributed by atoms with Crippen LogP contribution in [0.15, 0.2) is 133 Å². The predicted octanol–water partition coefficient (Wildman–Crippen LogP) is 11.5. The molecule has 0 N–H and O–H groups in total. The molecule has 1 nitrogen and oxygen atoms in total. The lowest BCUT2D eigenvalue weighted by Crippen LogP contribution is -2.10. The molecular formula is C39H29N. The van der Waals surface area contributed by atoms with E-state index in [1.165, 1.54) is 70.8 Å². The number of fused-ring (bicyclic) bond motifs is 3. The van der Waals surface area contributed by atoms with Crippen molar-refractivity contribution in [2.45, 2.75) is 19.8 Å². The number of hydrogen-bond donors (Lipinski definition) is 0. The molecule has 0 saturated heterocycles. The zero-order valence-corrected chi connectivity index (χ0v) is 22.7. The highest BCUT2D eigenvalue weighted by Gasteiger charge is 2.20. The summed E-state index contributed by atoms with van der Waals surface area (Å²) in [5, 5.41) is 13.1. The molecule has 0 aliphatic heterocycles. The molecule has 0 aromatic heterocycles. The number of rotatable bonds is 4. The Morgan fingerprint density at radius 3 is 1.75 bits per heavy atom. The van der Waals surface area contributed by atoms with Gasteiger partial charge in [0.15, 0.2) is 0 Å². The highest BCUT2D eigenvalue weighted by atomic mass is 15.1. The Kier molecular flexibility index (Phi) is 5.09. The Morgan fingerprint density at radius 2 is 1.00 bits per heavy atom. The van der Waals surface area contributed by atoms with Crippen LogP contribution in [0, 0.1) is 0 Å². The molecule has 0 unspecified atom stereocenters. The monoisotopic (exact) mass is 511 g/mol. The number of nitrogens with zero attached hydrogens (tertiary/aromatic N) is 1. The quantitative estimate of drug-likeness (QED) is 0.168. The molecule has 8 aromatic carbocycles. The zero-order valence-electron chi connectivity index (χ0n) is 22.7. The van der Waals surface area contributed by atoms with Crippen LogP contribution in [0.3, 0.4) is 0 Å². The van der Waals surface area contributed by atoms with E-state index in [1.807, 2.05) is 0 Å². The van der Waals surface area contributed by atoms with Crippen LogP contribution in [0.5, 0.6) is 0 Å². The summed E-state index contributed by atoms with van der Waals surface area (Å²) in [4.78, 5) is 2.42. The maximum Gasteiger partial charge on any atom is 0.0540 e. The molecular weight excluding hydrogens is 482 g/mol. The largest absolute Gasteiger partial charge is 0.310 e. The van der Waals surface area contributed by atoms with E-state index < -0.39 is 0 Å². The predicted molar refractivity (Wildman–Crippen MR) is 174 cm³/mol. The molecule has 0 radical (unpaired) electrons. The topological polar surface area (TPSA) is 3.24 Å². The number of hydrogen-bond acceptors (Lipinski definition) is 1. The van der Waals surface area contributed by atoms with Crippen molar-refractivity contribution in [1.29, 1.82) is 0 Å². The summed E-state index contributed by atoms with van der Waals surface area (Å²) in [7, 11) is 0. The number of anilines is 3. The Hall–Kier alpha value is -4.88. The van der Waals surface area contributed by atoms with E-state index >= 15 is 0 Å². The Labute approximate surface area is 234 Å². The first-order valence-electron chi connectivity index (χ1n) is 14.1. The minimum Gasteiger partial charge on any atom is -0.310 e. The molecule has 0 aliphatic rings. The van der Waals surface area contributed by atoms with Crippen LogP contribution < -0.4 is 4.90 Å². The third kappa shape index (κ3) is 3.41. The van der Waals surface area contributed by atoms with Crippen LogP contribution in [0.1, 0.15) is 25.3 Å². The second kappa shape index (κ2) is 8.83. The molecule has 8 rings (SSSR count). The van der Waals surface area contributed by atoms with Crippen LogP contribution >= 0.6 is 0 Å². The molecule has 0 amide bonds.